The Kier molecular flexibility index (Phi) is 8.97. The van der Waals surface area contributed by atoms with Crippen LogP contribution in [0.5, 0.6) is 5.88 Å². The highest BCUT2D eigenvalue weighted by atomic mass is 19.1. The number of anilines is 1. The van der Waals surface area contributed by atoms with Gasteiger partial charge in [0, 0.05) is 54.3 Å². The van der Waals surface area contributed by atoms with E-state index in [1.165, 1.54) is 24.4 Å². The second-order valence-corrected chi connectivity index (χ2v) is 12.4. The first kappa shape index (κ1) is 30.4. The van der Waals surface area contributed by atoms with E-state index < -0.39 is 23.5 Å². The quantitative estimate of drug-likeness (QED) is 0.300. The summed E-state index contributed by atoms with van der Waals surface area (Å²) in [5.74, 6) is -2.28. The molecule has 3 heterocycles. The number of pyridine rings is 2. The number of hydrogen-bond acceptors (Lipinski definition) is 6. The van der Waals surface area contributed by atoms with Gasteiger partial charge in [0.2, 0.25) is 5.88 Å². The third-order valence-electron chi connectivity index (χ3n) is 7.32. The molecule has 0 bridgehead atoms. The minimum atomic E-state index is -1.27. The van der Waals surface area contributed by atoms with E-state index in [1.807, 2.05) is 20.8 Å². The number of hydrogen-bond donors (Lipinski definition) is 1. The summed E-state index contributed by atoms with van der Waals surface area (Å²) in [7, 11) is 0. The Balaban J connectivity index is 1.72. The molecular weight excluding hydrogens is 528 g/mol. The van der Waals surface area contributed by atoms with Crippen molar-refractivity contribution in [2.24, 2.45) is 5.41 Å². The molecule has 1 atom stereocenters. The van der Waals surface area contributed by atoms with Crippen molar-refractivity contribution in [2.75, 3.05) is 24.6 Å². The Hall–Kier alpha value is -3.59. The van der Waals surface area contributed by atoms with Crippen molar-refractivity contribution < 1.29 is 28.2 Å². The maximum absolute atomic E-state index is 15.3. The molecule has 0 spiro atoms. The Bertz CT molecular complexity index is 1390. The van der Waals surface area contributed by atoms with Crippen molar-refractivity contribution in [1.29, 1.82) is 0 Å². The Morgan fingerprint density at radius 1 is 1.12 bits per heavy atom. The highest BCUT2D eigenvalue weighted by molar-refractivity contribution is 5.86. The van der Waals surface area contributed by atoms with Crippen LogP contribution in [0.15, 0.2) is 42.7 Å². The molecule has 0 aliphatic carbocycles. The second kappa shape index (κ2) is 12.1. The number of aromatic nitrogens is 2. The largest absolute Gasteiger partial charge is 0.479 e. The van der Waals surface area contributed by atoms with Gasteiger partial charge < -0.3 is 19.5 Å². The molecule has 0 amide bonds. The molecule has 220 valence electrons. The smallest absolute Gasteiger partial charge is 0.337 e. The lowest BCUT2D eigenvalue weighted by Gasteiger charge is -2.40. The van der Waals surface area contributed by atoms with E-state index in [2.05, 4.69) is 28.7 Å². The molecular formula is C32H39F2N3O4. The summed E-state index contributed by atoms with van der Waals surface area (Å²) in [6.45, 7) is 13.2. The lowest BCUT2D eigenvalue weighted by molar-refractivity contribution is -0.160. The molecule has 7 nitrogen and oxygen atoms in total. The van der Waals surface area contributed by atoms with E-state index in [1.54, 1.807) is 25.3 Å². The number of nitrogens with zero attached hydrogens (tertiary/aromatic N) is 3. The molecule has 1 unspecified atom stereocenters. The van der Waals surface area contributed by atoms with Crippen LogP contribution in [0.3, 0.4) is 0 Å². The van der Waals surface area contributed by atoms with Crippen molar-refractivity contribution in [2.45, 2.75) is 72.5 Å². The number of carbonyl (C=O) groups is 1. The van der Waals surface area contributed by atoms with E-state index in [4.69, 9.17) is 9.47 Å². The van der Waals surface area contributed by atoms with Gasteiger partial charge in [0.1, 0.15) is 5.82 Å². The van der Waals surface area contributed by atoms with Crippen LogP contribution < -0.4 is 9.64 Å². The van der Waals surface area contributed by atoms with Crippen molar-refractivity contribution in [3.63, 3.8) is 0 Å². The summed E-state index contributed by atoms with van der Waals surface area (Å²) in [6.07, 6.45) is 4.10. The molecule has 1 aliphatic heterocycles. The van der Waals surface area contributed by atoms with Crippen LogP contribution in [0, 0.1) is 24.0 Å². The third-order valence-corrected chi connectivity index (χ3v) is 7.32. The lowest BCUT2D eigenvalue weighted by atomic mass is 9.82. The van der Waals surface area contributed by atoms with Crippen molar-refractivity contribution >= 4 is 11.7 Å². The summed E-state index contributed by atoms with van der Waals surface area (Å²) in [6, 6.07) is 7.50. The van der Waals surface area contributed by atoms with Crippen molar-refractivity contribution in [3.05, 3.63) is 71.2 Å². The molecule has 2 aromatic heterocycles. The van der Waals surface area contributed by atoms with Gasteiger partial charge in [-0.2, -0.15) is 0 Å². The fourth-order valence-electron chi connectivity index (χ4n) is 5.03. The topological polar surface area (TPSA) is 84.8 Å². The zero-order valence-electron chi connectivity index (χ0n) is 24.6. The number of rotatable bonds is 9. The first-order valence-electron chi connectivity index (χ1n) is 13.9. The van der Waals surface area contributed by atoms with Crippen LogP contribution in [0.4, 0.5) is 14.5 Å². The number of carboxylic acid groups (broad SMARTS) is 1. The SMILES string of the molecule is Cc1ncc(-c2cnc(OCCc3cccc(F)c3)c(F)c2)c(N2CCC(C)(C)CC2)c1C(OC(C)(C)C)C(=O)O. The van der Waals surface area contributed by atoms with E-state index in [-0.39, 0.29) is 23.7 Å². The molecule has 1 aromatic carbocycles. The summed E-state index contributed by atoms with van der Waals surface area (Å²) in [5, 5.41) is 10.3. The zero-order chi connectivity index (χ0) is 29.9. The third kappa shape index (κ3) is 7.58. The monoisotopic (exact) mass is 567 g/mol. The number of aryl methyl sites for hydroxylation is 1. The van der Waals surface area contributed by atoms with Gasteiger partial charge in [-0.15, -0.1) is 0 Å². The normalized spacial score (nSPS) is 16.0. The minimum absolute atomic E-state index is 0.127. The predicted molar refractivity (Wildman–Crippen MR) is 154 cm³/mol. The first-order valence-corrected chi connectivity index (χ1v) is 13.9. The van der Waals surface area contributed by atoms with Gasteiger partial charge in [-0.1, -0.05) is 26.0 Å². The molecule has 9 heteroatoms. The van der Waals surface area contributed by atoms with E-state index in [0.29, 0.717) is 47.6 Å². The maximum Gasteiger partial charge on any atom is 0.337 e. The van der Waals surface area contributed by atoms with Crippen LogP contribution in [-0.4, -0.2) is 46.3 Å². The predicted octanol–water partition coefficient (Wildman–Crippen LogP) is 6.92. The van der Waals surface area contributed by atoms with Crippen LogP contribution in [-0.2, 0) is 16.0 Å². The Morgan fingerprint density at radius 2 is 1.83 bits per heavy atom. The number of carboxylic acids is 1. The standard InChI is InChI=1S/C32H39F2N3O4/c1-20-26(28(30(38)39)41-31(2,3)4)27(37-13-11-32(5,6)12-14-37)24(19-35-20)22-17-25(34)29(36-18-22)40-15-10-21-8-7-9-23(33)16-21/h7-9,16-19,28H,10-15H2,1-6H3,(H,38,39). The van der Waals surface area contributed by atoms with Gasteiger partial charge in [-0.05, 0) is 69.7 Å². The molecule has 4 rings (SSSR count). The summed E-state index contributed by atoms with van der Waals surface area (Å²) in [4.78, 5) is 23.5. The van der Waals surface area contributed by atoms with Gasteiger partial charge in [-0.3, -0.25) is 4.98 Å². The zero-order valence-corrected chi connectivity index (χ0v) is 24.6. The molecule has 0 radical (unpaired) electrons. The fourth-order valence-corrected chi connectivity index (χ4v) is 5.03. The van der Waals surface area contributed by atoms with E-state index in [9.17, 15) is 14.3 Å². The van der Waals surface area contributed by atoms with Crippen LogP contribution >= 0.6 is 0 Å². The maximum atomic E-state index is 15.3. The first-order chi connectivity index (χ1) is 19.2. The van der Waals surface area contributed by atoms with Gasteiger partial charge in [0.25, 0.3) is 0 Å². The highest BCUT2D eigenvalue weighted by Gasteiger charge is 2.36. The molecule has 1 N–H and O–H groups in total. The minimum Gasteiger partial charge on any atom is -0.479 e. The van der Waals surface area contributed by atoms with E-state index in [0.717, 1.165) is 18.4 Å². The van der Waals surface area contributed by atoms with E-state index >= 15 is 4.39 Å². The molecule has 41 heavy (non-hydrogen) atoms. The molecule has 0 saturated carbocycles. The Labute approximate surface area is 240 Å². The van der Waals surface area contributed by atoms with Crippen molar-refractivity contribution in [1.82, 2.24) is 9.97 Å². The summed E-state index contributed by atoms with van der Waals surface area (Å²) < 4.78 is 40.4. The average molecular weight is 568 g/mol. The number of ether oxygens (including phenoxy) is 2. The lowest BCUT2D eigenvalue weighted by Crippen LogP contribution is -2.39. The van der Waals surface area contributed by atoms with Crippen LogP contribution in [0.2, 0.25) is 0 Å². The number of halogens is 2. The van der Waals surface area contributed by atoms with Gasteiger partial charge in [0.15, 0.2) is 11.9 Å². The summed E-state index contributed by atoms with van der Waals surface area (Å²) >= 11 is 0. The molecule has 3 aromatic rings. The summed E-state index contributed by atoms with van der Waals surface area (Å²) in [5.41, 5.74) is 2.86. The Morgan fingerprint density at radius 3 is 2.44 bits per heavy atom. The number of benzene rings is 1. The number of piperidine rings is 1. The van der Waals surface area contributed by atoms with Gasteiger partial charge in [-0.25, -0.2) is 18.6 Å². The molecule has 1 fully saturated rings. The average Bonchev–Trinajstić information content (AvgIpc) is 2.88. The van der Waals surface area contributed by atoms with Gasteiger partial charge >= 0.3 is 5.97 Å². The molecule has 1 aliphatic rings. The second-order valence-electron chi connectivity index (χ2n) is 12.4. The molecule has 1 saturated heterocycles. The van der Waals surface area contributed by atoms with Crippen LogP contribution in [0.1, 0.15) is 70.4 Å². The number of aliphatic carboxylic acids is 1. The van der Waals surface area contributed by atoms with Gasteiger partial charge in [0.05, 0.1) is 17.9 Å². The van der Waals surface area contributed by atoms with Crippen molar-refractivity contribution in [3.8, 4) is 17.0 Å². The highest BCUT2D eigenvalue weighted by Crippen LogP contribution is 2.43. The van der Waals surface area contributed by atoms with Crippen LogP contribution in [0.25, 0.3) is 11.1 Å². The fraction of sp³-hybridized carbons (Fsp3) is 0.469.